The number of halogens is 1. The number of nitrogens with one attached hydrogen (secondary N) is 1. The van der Waals surface area contributed by atoms with E-state index in [0.717, 1.165) is 5.56 Å². The lowest BCUT2D eigenvalue weighted by Gasteiger charge is -2.06. The molecule has 0 aliphatic rings. The molecule has 2 rings (SSSR count). The molecular weight excluding hydrogens is 281 g/mol. The van der Waals surface area contributed by atoms with Crippen molar-refractivity contribution in [1.29, 1.82) is 0 Å². The van der Waals surface area contributed by atoms with Gasteiger partial charge in [-0.3, -0.25) is 0 Å². The number of carbonyl (C=O) groups is 1. The van der Waals surface area contributed by atoms with Crippen molar-refractivity contribution in [2.45, 2.75) is 0 Å². The molecule has 2 aromatic carbocycles. The van der Waals surface area contributed by atoms with E-state index in [9.17, 15) is 13.4 Å². The lowest BCUT2D eigenvalue weighted by atomic mass is 10.0. The molecule has 0 amide bonds. The van der Waals surface area contributed by atoms with Crippen molar-refractivity contribution in [1.82, 2.24) is 0 Å². The van der Waals surface area contributed by atoms with E-state index in [1.807, 2.05) is 0 Å². The van der Waals surface area contributed by atoms with Gasteiger partial charge >= 0.3 is 5.97 Å². The Morgan fingerprint density at radius 1 is 1.15 bits per heavy atom. The SMILES string of the molecule is CS(=O)Nc1ccc(-c2ccc(C(=O)O)c(F)c2)cc1. The Labute approximate surface area is 117 Å². The van der Waals surface area contributed by atoms with Gasteiger partial charge in [0.15, 0.2) is 0 Å². The fourth-order valence-electron chi connectivity index (χ4n) is 1.76. The van der Waals surface area contributed by atoms with E-state index in [4.69, 9.17) is 5.11 Å². The highest BCUT2D eigenvalue weighted by molar-refractivity contribution is 7.85. The summed E-state index contributed by atoms with van der Waals surface area (Å²) in [7, 11) is -1.15. The van der Waals surface area contributed by atoms with Gasteiger partial charge in [0.1, 0.15) is 16.8 Å². The molecule has 0 saturated heterocycles. The zero-order chi connectivity index (χ0) is 14.7. The summed E-state index contributed by atoms with van der Waals surface area (Å²) in [6.45, 7) is 0. The number of aromatic carboxylic acids is 1. The van der Waals surface area contributed by atoms with Gasteiger partial charge in [-0.15, -0.1) is 0 Å². The predicted octanol–water partition coefficient (Wildman–Crippen LogP) is 2.90. The summed E-state index contributed by atoms with van der Waals surface area (Å²) < 4.78 is 27.4. The molecule has 1 atom stereocenters. The van der Waals surface area contributed by atoms with Crippen molar-refractivity contribution < 1.29 is 18.5 Å². The summed E-state index contributed by atoms with van der Waals surface area (Å²) in [5, 5.41) is 8.77. The van der Waals surface area contributed by atoms with E-state index < -0.39 is 22.8 Å². The minimum atomic E-state index is -1.29. The smallest absolute Gasteiger partial charge is 0.338 e. The highest BCUT2D eigenvalue weighted by atomic mass is 32.2. The Morgan fingerprint density at radius 3 is 2.25 bits per heavy atom. The summed E-state index contributed by atoms with van der Waals surface area (Å²) in [4.78, 5) is 10.7. The molecule has 0 aromatic heterocycles. The van der Waals surface area contributed by atoms with E-state index in [1.165, 1.54) is 18.4 Å². The molecule has 0 fully saturated rings. The van der Waals surface area contributed by atoms with Crippen LogP contribution in [-0.2, 0) is 11.0 Å². The van der Waals surface area contributed by atoms with Gasteiger partial charge < -0.3 is 9.83 Å². The molecule has 0 bridgehead atoms. The summed E-state index contributed by atoms with van der Waals surface area (Å²) in [6.07, 6.45) is 1.52. The van der Waals surface area contributed by atoms with Crippen LogP contribution in [0.4, 0.5) is 10.1 Å². The summed E-state index contributed by atoms with van der Waals surface area (Å²) in [5.41, 5.74) is 1.66. The predicted molar refractivity (Wildman–Crippen MR) is 76.5 cm³/mol. The number of carboxylic acids is 1. The molecule has 0 spiro atoms. The van der Waals surface area contributed by atoms with E-state index in [-0.39, 0.29) is 5.56 Å². The first-order valence-electron chi connectivity index (χ1n) is 5.71. The zero-order valence-corrected chi connectivity index (χ0v) is 11.4. The molecule has 0 radical (unpaired) electrons. The van der Waals surface area contributed by atoms with Crippen molar-refractivity contribution in [2.24, 2.45) is 0 Å². The van der Waals surface area contributed by atoms with Crippen LogP contribution in [0.3, 0.4) is 0 Å². The van der Waals surface area contributed by atoms with Gasteiger partial charge in [-0.05, 0) is 35.4 Å². The number of benzene rings is 2. The van der Waals surface area contributed by atoms with Crippen LogP contribution in [0, 0.1) is 5.82 Å². The zero-order valence-electron chi connectivity index (χ0n) is 10.6. The fraction of sp³-hybridized carbons (Fsp3) is 0.0714. The quantitative estimate of drug-likeness (QED) is 0.911. The molecule has 20 heavy (non-hydrogen) atoms. The molecule has 2 N–H and O–H groups in total. The van der Waals surface area contributed by atoms with Gasteiger partial charge in [0.2, 0.25) is 0 Å². The monoisotopic (exact) mass is 293 g/mol. The maximum atomic E-state index is 13.6. The van der Waals surface area contributed by atoms with Crippen molar-refractivity contribution >= 4 is 22.6 Å². The maximum absolute atomic E-state index is 13.6. The Morgan fingerprint density at radius 2 is 1.75 bits per heavy atom. The van der Waals surface area contributed by atoms with E-state index >= 15 is 0 Å². The molecule has 0 aliphatic heterocycles. The van der Waals surface area contributed by atoms with E-state index in [2.05, 4.69) is 4.72 Å². The molecule has 0 heterocycles. The molecule has 6 heteroatoms. The highest BCUT2D eigenvalue weighted by Gasteiger charge is 2.11. The van der Waals surface area contributed by atoms with Crippen molar-refractivity contribution in [2.75, 3.05) is 11.0 Å². The number of carboxylic acid groups (broad SMARTS) is 1. The van der Waals surface area contributed by atoms with Crippen LogP contribution in [0.1, 0.15) is 10.4 Å². The van der Waals surface area contributed by atoms with Gasteiger partial charge in [0.05, 0.1) is 5.56 Å². The molecule has 1 unspecified atom stereocenters. The second-order valence-corrected chi connectivity index (χ2v) is 5.25. The number of anilines is 1. The molecule has 0 aliphatic carbocycles. The van der Waals surface area contributed by atoms with E-state index in [1.54, 1.807) is 30.3 Å². The Balaban J connectivity index is 2.30. The second-order valence-electron chi connectivity index (χ2n) is 4.13. The third kappa shape index (κ3) is 3.21. The number of hydrogen-bond acceptors (Lipinski definition) is 2. The van der Waals surface area contributed by atoms with Gasteiger partial charge in [0.25, 0.3) is 0 Å². The summed E-state index contributed by atoms with van der Waals surface area (Å²) >= 11 is 0. The average Bonchev–Trinajstić information content (AvgIpc) is 2.38. The molecule has 0 saturated carbocycles. The van der Waals surface area contributed by atoms with Gasteiger partial charge in [-0.25, -0.2) is 13.4 Å². The van der Waals surface area contributed by atoms with Crippen LogP contribution in [-0.4, -0.2) is 21.5 Å². The third-order valence-corrected chi connectivity index (χ3v) is 3.20. The fourth-order valence-corrected chi connectivity index (χ4v) is 2.23. The largest absolute Gasteiger partial charge is 0.478 e. The molecule has 4 nitrogen and oxygen atoms in total. The standard InChI is InChI=1S/C14H12FNO3S/c1-20(19)16-11-5-2-9(3-6-11)10-4-7-12(14(17)18)13(15)8-10/h2-8,16H,1H3,(H,17,18). The first-order valence-corrected chi connectivity index (χ1v) is 7.26. The van der Waals surface area contributed by atoms with Gasteiger partial charge in [-0.1, -0.05) is 18.2 Å². The first kappa shape index (κ1) is 14.2. The van der Waals surface area contributed by atoms with Crippen LogP contribution in [0.25, 0.3) is 11.1 Å². The lowest BCUT2D eigenvalue weighted by Crippen LogP contribution is -2.01. The van der Waals surface area contributed by atoms with E-state index in [0.29, 0.717) is 11.3 Å². The Bertz CT molecular complexity index is 671. The Hall–Kier alpha value is -2.21. The second kappa shape index (κ2) is 5.83. The normalized spacial score (nSPS) is 11.9. The minimum Gasteiger partial charge on any atom is -0.478 e. The average molecular weight is 293 g/mol. The third-order valence-electron chi connectivity index (χ3n) is 2.68. The summed E-state index contributed by atoms with van der Waals surface area (Å²) in [6, 6.07) is 10.9. The van der Waals surface area contributed by atoms with Crippen LogP contribution in [0.5, 0.6) is 0 Å². The molecular formula is C14H12FNO3S. The van der Waals surface area contributed by atoms with Crippen molar-refractivity contribution in [3.8, 4) is 11.1 Å². The Kier molecular flexibility index (Phi) is 4.14. The van der Waals surface area contributed by atoms with Crippen LogP contribution >= 0.6 is 0 Å². The first-order chi connectivity index (χ1) is 9.47. The van der Waals surface area contributed by atoms with Crippen molar-refractivity contribution in [3.63, 3.8) is 0 Å². The lowest BCUT2D eigenvalue weighted by molar-refractivity contribution is 0.0692. The van der Waals surface area contributed by atoms with Crippen LogP contribution < -0.4 is 4.72 Å². The summed E-state index contributed by atoms with van der Waals surface area (Å²) in [5.74, 6) is -2.06. The number of rotatable bonds is 4. The van der Waals surface area contributed by atoms with Crippen LogP contribution in [0.15, 0.2) is 42.5 Å². The topological polar surface area (TPSA) is 66.4 Å². The maximum Gasteiger partial charge on any atom is 0.338 e. The van der Waals surface area contributed by atoms with Gasteiger partial charge in [-0.2, -0.15) is 0 Å². The number of hydrogen-bond donors (Lipinski definition) is 2. The molecule has 104 valence electrons. The van der Waals surface area contributed by atoms with Crippen LogP contribution in [0.2, 0.25) is 0 Å². The highest BCUT2D eigenvalue weighted by Crippen LogP contribution is 2.23. The molecule has 2 aromatic rings. The van der Waals surface area contributed by atoms with Gasteiger partial charge in [0, 0.05) is 11.9 Å². The van der Waals surface area contributed by atoms with Crippen molar-refractivity contribution in [3.05, 3.63) is 53.8 Å². The minimum absolute atomic E-state index is 0.353.